The lowest BCUT2D eigenvalue weighted by atomic mass is 9.93. The minimum atomic E-state index is 0.115. The van der Waals surface area contributed by atoms with Gasteiger partial charge in [-0.2, -0.15) is 5.10 Å². The van der Waals surface area contributed by atoms with Crippen LogP contribution >= 0.6 is 11.6 Å². The first kappa shape index (κ1) is 14.4. The number of halogens is 1. The minimum absolute atomic E-state index is 0.115. The molecule has 19 heavy (non-hydrogen) atoms. The second kappa shape index (κ2) is 5.53. The van der Waals surface area contributed by atoms with Crippen molar-refractivity contribution in [3.63, 3.8) is 0 Å². The Bertz CT molecular complexity index is 473. The molecule has 1 amide bonds. The average Bonchev–Trinajstić information content (AvgIpc) is 2.62. The molecule has 4 nitrogen and oxygen atoms in total. The summed E-state index contributed by atoms with van der Waals surface area (Å²) in [6.07, 6.45) is 1.99. The molecule has 1 aromatic heterocycles. The molecule has 1 atom stereocenters. The lowest BCUT2D eigenvalue weighted by molar-refractivity contribution is 0.0688. The van der Waals surface area contributed by atoms with E-state index in [2.05, 4.69) is 5.10 Å². The maximum absolute atomic E-state index is 12.6. The van der Waals surface area contributed by atoms with E-state index < -0.39 is 0 Å². The van der Waals surface area contributed by atoms with Crippen molar-refractivity contribution in [2.24, 2.45) is 13.0 Å². The number of aryl methyl sites for hydroxylation is 2. The maximum Gasteiger partial charge on any atom is 0.257 e. The highest BCUT2D eigenvalue weighted by atomic mass is 35.5. The molecule has 0 radical (unpaired) electrons. The molecule has 0 N–H and O–H groups in total. The zero-order valence-electron chi connectivity index (χ0n) is 12.1. The van der Waals surface area contributed by atoms with E-state index in [0.717, 1.165) is 42.9 Å². The smallest absolute Gasteiger partial charge is 0.257 e. The van der Waals surface area contributed by atoms with Gasteiger partial charge in [0.2, 0.25) is 0 Å². The first-order valence-corrected chi connectivity index (χ1v) is 7.29. The molecule has 0 saturated carbocycles. The quantitative estimate of drug-likeness (QED) is 0.782. The van der Waals surface area contributed by atoms with E-state index in [-0.39, 0.29) is 11.3 Å². The van der Waals surface area contributed by atoms with Crippen molar-refractivity contribution < 1.29 is 4.79 Å². The summed E-state index contributed by atoms with van der Waals surface area (Å²) < 4.78 is 1.77. The second-order valence-corrected chi connectivity index (χ2v) is 6.17. The van der Waals surface area contributed by atoms with Gasteiger partial charge in [-0.1, -0.05) is 0 Å². The SMILES string of the molecule is Cc1nn(C)c(C)c1C(=O)N1CCC(C(C)Cl)CC1. The Morgan fingerprint density at radius 1 is 1.37 bits per heavy atom. The third kappa shape index (κ3) is 2.78. The van der Waals surface area contributed by atoms with Crippen molar-refractivity contribution in [2.45, 2.75) is 39.0 Å². The van der Waals surface area contributed by atoms with Crippen LogP contribution in [-0.4, -0.2) is 39.1 Å². The fourth-order valence-electron chi connectivity index (χ4n) is 2.80. The molecule has 1 aliphatic heterocycles. The van der Waals surface area contributed by atoms with Crippen LogP contribution in [-0.2, 0) is 7.05 Å². The van der Waals surface area contributed by atoms with Crippen molar-refractivity contribution in [1.82, 2.24) is 14.7 Å². The van der Waals surface area contributed by atoms with Gasteiger partial charge in [0.15, 0.2) is 0 Å². The highest BCUT2D eigenvalue weighted by Gasteiger charge is 2.28. The van der Waals surface area contributed by atoms with E-state index in [4.69, 9.17) is 11.6 Å². The van der Waals surface area contributed by atoms with Gasteiger partial charge in [0.25, 0.3) is 5.91 Å². The molecule has 0 bridgehead atoms. The monoisotopic (exact) mass is 283 g/mol. The summed E-state index contributed by atoms with van der Waals surface area (Å²) in [7, 11) is 1.88. The predicted octanol–water partition coefficient (Wildman–Crippen LogP) is 2.52. The summed E-state index contributed by atoms with van der Waals surface area (Å²) in [6, 6.07) is 0. The van der Waals surface area contributed by atoms with Crippen LogP contribution in [0.5, 0.6) is 0 Å². The van der Waals surface area contributed by atoms with E-state index in [0.29, 0.717) is 5.92 Å². The fourth-order valence-corrected chi connectivity index (χ4v) is 3.06. The zero-order valence-corrected chi connectivity index (χ0v) is 12.9. The second-order valence-electron chi connectivity index (χ2n) is 5.48. The molecular weight excluding hydrogens is 262 g/mol. The first-order valence-electron chi connectivity index (χ1n) is 6.85. The Morgan fingerprint density at radius 2 is 1.95 bits per heavy atom. The van der Waals surface area contributed by atoms with Gasteiger partial charge in [0.05, 0.1) is 11.3 Å². The lowest BCUT2D eigenvalue weighted by Gasteiger charge is -2.33. The van der Waals surface area contributed by atoms with Gasteiger partial charge in [-0.3, -0.25) is 9.48 Å². The molecule has 106 valence electrons. The number of hydrogen-bond acceptors (Lipinski definition) is 2. The third-order valence-corrected chi connectivity index (χ3v) is 4.56. The molecule has 1 aliphatic rings. The summed E-state index contributed by atoms with van der Waals surface area (Å²) in [5.74, 6) is 0.644. The van der Waals surface area contributed by atoms with Crippen LogP contribution in [0.4, 0.5) is 0 Å². The number of nitrogens with zero attached hydrogens (tertiary/aromatic N) is 3. The number of carbonyl (C=O) groups is 1. The van der Waals surface area contributed by atoms with Crippen LogP contribution in [0.2, 0.25) is 0 Å². The molecule has 0 aliphatic carbocycles. The molecule has 1 saturated heterocycles. The summed E-state index contributed by atoms with van der Waals surface area (Å²) in [4.78, 5) is 14.5. The van der Waals surface area contributed by atoms with E-state index in [1.807, 2.05) is 32.7 Å². The van der Waals surface area contributed by atoms with Gasteiger partial charge in [-0.25, -0.2) is 0 Å². The lowest BCUT2D eigenvalue weighted by Crippen LogP contribution is -2.40. The Kier molecular flexibility index (Phi) is 4.19. The van der Waals surface area contributed by atoms with Crippen LogP contribution in [0.3, 0.4) is 0 Å². The Labute approximate surface area is 119 Å². The molecule has 1 fully saturated rings. The fraction of sp³-hybridized carbons (Fsp3) is 0.714. The molecule has 2 rings (SSSR count). The minimum Gasteiger partial charge on any atom is -0.339 e. The van der Waals surface area contributed by atoms with Crippen molar-refractivity contribution in [2.75, 3.05) is 13.1 Å². The summed E-state index contributed by atoms with van der Waals surface area (Å²) in [5.41, 5.74) is 2.52. The van der Waals surface area contributed by atoms with Gasteiger partial charge < -0.3 is 4.90 Å². The van der Waals surface area contributed by atoms with E-state index >= 15 is 0 Å². The summed E-state index contributed by atoms with van der Waals surface area (Å²) >= 11 is 6.14. The van der Waals surface area contributed by atoms with Crippen LogP contribution in [0.25, 0.3) is 0 Å². The number of rotatable bonds is 2. The molecule has 0 spiro atoms. The molecule has 2 heterocycles. The van der Waals surface area contributed by atoms with Gasteiger partial charge in [-0.15, -0.1) is 11.6 Å². The van der Waals surface area contributed by atoms with Crippen molar-refractivity contribution >= 4 is 17.5 Å². The first-order chi connectivity index (χ1) is 8.91. The molecule has 1 aromatic rings. The summed E-state index contributed by atoms with van der Waals surface area (Å²) in [5, 5.41) is 4.51. The van der Waals surface area contributed by atoms with Crippen molar-refractivity contribution in [1.29, 1.82) is 0 Å². The van der Waals surface area contributed by atoms with Crippen molar-refractivity contribution in [3.8, 4) is 0 Å². The summed E-state index contributed by atoms with van der Waals surface area (Å²) in [6.45, 7) is 7.48. The van der Waals surface area contributed by atoms with Crippen LogP contribution in [0.15, 0.2) is 0 Å². The Hall–Kier alpha value is -1.03. The molecule has 5 heteroatoms. The largest absolute Gasteiger partial charge is 0.339 e. The number of piperidine rings is 1. The zero-order chi connectivity index (χ0) is 14.2. The highest BCUT2D eigenvalue weighted by Crippen LogP contribution is 2.25. The number of carbonyl (C=O) groups excluding carboxylic acids is 1. The number of aromatic nitrogens is 2. The van der Waals surface area contributed by atoms with Crippen LogP contribution in [0.1, 0.15) is 41.5 Å². The predicted molar refractivity (Wildman–Crippen MR) is 76.6 cm³/mol. The number of likely N-dealkylation sites (tertiary alicyclic amines) is 1. The molecule has 0 aromatic carbocycles. The average molecular weight is 284 g/mol. The topological polar surface area (TPSA) is 38.1 Å². The van der Waals surface area contributed by atoms with Gasteiger partial charge >= 0.3 is 0 Å². The molecular formula is C14H22ClN3O. The molecule has 1 unspecified atom stereocenters. The third-order valence-electron chi connectivity index (χ3n) is 4.20. The number of hydrogen-bond donors (Lipinski definition) is 0. The Balaban J connectivity index is 2.10. The number of alkyl halides is 1. The van der Waals surface area contributed by atoms with E-state index in [9.17, 15) is 4.79 Å². The maximum atomic E-state index is 12.6. The highest BCUT2D eigenvalue weighted by molar-refractivity contribution is 6.20. The van der Waals surface area contributed by atoms with Crippen LogP contribution in [0, 0.1) is 19.8 Å². The normalized spacial score (nSPS) is 18.7. The Morgan fingerprint density at radius 3 is 2.37 bits per heavy atom. The van der Waals surface area contributed by atoms with E-state index in [1.54, 1.807) is 4.68 Å². The number of amides is 1. The van der Waals surface area contributed by atoms with Gasteiger partial charge in [-0.05, 0) is 39.5 Å². The standard InChI is InChI=1S/C14H22ClN3O/c1-9(15)12-5-7-18(8-6-12)14(19)13-10(2)16-17(4)11(13)3/h9,12H,5-8H2,1-4H3. The van der Waals surface area contributed by atoms with Crippen molar-refractivity contribution in [3.05, 3.63) is 17.0 Å². The van der Waals surface area contributed by atoms with Crippen LogP contribution < -0.4 is 0 Å². The van der Waals surface area contributed by atoms with E-state index in [1.165, 1.54) is 0 Å². The van der Waals surface area contributed by atoms with Gasteiger partial charge in [0, 0.05) is 31.2 Å². The van der Waals surface area contributed by atoms with Gasteiger partial charge in [0.1, 0.15) is 0 Å².